The van der Waals surface area contributed by atoms with Gasteiger partial charge in [0.1, 0.15) is 0 Å². The summed E-state index contributed by atoms with van der Waals surface area (Å²) >= 11 is 0. The van der Waals surface area contributed by atoms with Gasteiger partial charge in [-0.15, -0.1) is 0 Å². The SMILES string of the molecule is CC(=O)Nc1ccc(N2C(=O)CC(C)C2=O)cc1. The van der Waals surface area contributed by atoms with Gasteiger partial charge in [-0.1, -0.05) is 6.92 Å². The van der Waals surface area contributed by atoms with Crippen LogP contribution in [0.5, 0.6) is 0 Å². The third-order valence-corrected chi connectivity index (χ3v) is 2.82. The first-order chi connectivity index (χ1) is 8.49. The molecule has 1 heterocycles. The minimum atomic E-state index is -0.257. The molecule has 3 amide bonds. The molecule has 1 aromatic carbocycles. The van der Waals surface area contributed by atoms with E-state index in [-0.39, 0.29) is 30.1 Å². The van der Waals surface area contributed by atoms with Crippen LogP contribution in [0.25, 0.3) is 0 Å². The van der Waals surface area contributed by atoms with Crippen molar-refractivity contribution in [3.8, 4) is 0 Å². The second-order valence-electron chi connectivity index (χ2n) is 4.40. The van der Waals surface area contributed by atoms with E-state index in [0.717, 1.165) is 0 Å². The third-order valence-electron chi connectivity index (χ3n) is 2.82. The highest BCUT2D eigenvalue weighted by Crippen LogP contribution is 2.27. The van der Waals surface area contributed by atoms with Crippen molar-refractivity contribution < 1.29 is 14.4 Å². The molecule has 0 aliphatic carbocycles. The van der Waals surface area contributed by atoms with Crippen molar-refractivity contribution in [3.05, 3.63) is 24.3 Å². The molecule has 1 N–H and O–H groups in total. The van der Waals surface area contributed by atoms with Gasteiger partial charge in [0.05, 0.1) is 5.69 Å². The molecule has 5 nitrogen and oxygen atoms in total. The number of nitrogens with zero attached hydrogens (tertiary/aromatic N) is 1. The average molecular weight is 246 g/mol. The summed E-state index contributed by atoms with van der Waals surface area (Å²) in [4.78, 5) is 35.6. The highest BCUT2D eigenvalue weighted by atomic mass is 16.2. The quantitative estimate of drug-likeness (QED) is 0.805. The van der Waals surface area contributed by atoms with Gasteiger partial charge in [0.15, 0.2) is 0 Å². The third kappa shape index (κ3) is 2.25. The standard InChI is InChI=1S/C13H14N2O3/c1-8-7-12(17)15(13(8)18)11-5-3-10(4-6-11)14-9(2)16/h3-6,8H,7H2,1-2H3,(H,14,16). The molecular formula is C13H14N2O3. The van der Waals surface area contributed by atoms with Crippen LogP contribution in [-0.4, -0.2) is 17.7 Å². The molecule has 0 spiro atoms. The number of imide groups is 1. The molecule has 1 saturated heterocycles. The smallest absolute Gasteiger partial charge is 0.237 e. The van der Waals surface area contributed by atoms with E-state index in [2.05, 4.69) is 5.32 Å². The molecule has 1 fully saturated rings. The van der Waals surface area contributed by atoms with E-state index in [4.69, 9.17) is 0 Å². The minimum Gasteiger partial charge on any atom is -0.326 e. The lowest BCUT2D eigenvalue weighted by Gasteiger charge is -2.14. The van der Waals surface area contributed by atoms with Gasteiger partial charge in [-0.25, -0.2) is 0 Å². The number of hydrogen-bond donors (Lipinski definition) is 1. The number of benzene rings is 1. The van der Waals surface area contributed by atoms with Crippen LogP contribution in [0.15, 0.2) is 24.3 Å². The predicted octanol–water partition coefficient (Wildman–Crippen LogP) is 1.54. The van der Waals surface area contributed by atoms with Crippen LogP contribution < -0.4 is 10.2 Å². The van der Waals surface area contributed by atoms with Crippen molar-refractivity contribution in [1.82, 2.24) is 0 Å². The Morgan fingerprint density at radius 3 is 2.33 bits per heavy atom. The van der Waals surface area contributed by atoms with Gasteiger partial charge in [0.25, 0.3) is 0 Å². The van der Waals surface area contributed by atoms with Gasteiger partial charge in [0.2, 0.25) is 17.7 Å². The summed E-state index contributed by atoms with van der Waals surface area (Å²) in [6, 6.07) is 6.64. The maximum atomic E-state index is 11.8. The lowest BCUT2D eigenvalue weighted by atomic mass is 10.1. The highest BCUT2D eigenvalue weighted by molar-refractivity contribution is 6.20. The van der Waals surface area contributed by atoms with Crippen LogP contribution in [0.4, 0.5) is 11.4 Å². The number of carbonyl (C=O) groups is 3. The molecule has 0 radical (unpaired) electrons. The number of amides is 3. The fraction of sp³-hybridized carbons (Fsp3) is 0.308. The first kappa shape index (κ1) is 12.3. The van der Waals surface area contributed by atoms with Crippen molar-refractivity contribution in [1.29, 1.82) is 0 Å². The van der Waals surface area contributed by atoms with Crippen molar-refractivity contribution in [2.45, 2.75) is 20.3 Å². The first-order valence-electron chi connectivity index (χ1n) is 5.73. The Balaban J connectivity index is 2.22. The van der Waals surface area contributed by atoms with E-state index >= 15 is 0 Å². The fourth-order valence-corrected chi connectivity index (χ4v) is 1.95. The molecule has 1 atom stereocenters. The predicted molar refractivity (Wildman–Crippen MR) is 67.0 cm³/mol. The maximum absolute atomic E-state index is 11.8. The Kier molecular flexibility index (Phi) is 3.14. The monoisotopic (exact) mass is 246 g/mol. The van der Waals surface area contributed by atoms with Gasteiger partial charge in [-0.2, -0.15) is 0 Å². The Hall–Kier alpha value is -2.17. The molecular weight excluding hydrogens is 232 g/mol. The summed E-state index contributed by atoms with van der Waals surface area (Å²) in [5.41, 5.74) is 1.18. The Morgan fingerprint density at radius 2 is 1.89 bits per heavy atom. The molecule has 5 heteroatoms. The van der Waals surface area contributed by atoms with Crippen LogP contribution in [0.2, 0.25) is 0 Å². The fourth-order valence-electron chi connectivity index (χ4n) is 1.95. The molecule has 94 valence electrons. The van der Waals surface area contributed by atoms with Crippen LogP contribution in [-0.2, 0) is 14.4 Å². The van der Waals surface area contributed by atoms with Gasteiger partial charge in [-0.3, -0.25) is 19.3 Å². The van der Waals surface area contributed by atoms with Crippen LogP contribution in [0.1, 0.15) is 20.3 Å². The van der Waals surface area contributed by atoms with Crippen LogP contribution >= 0.6 is 0 Å². The summed E-state index contributed by atoms with van der Waals surface area (Å²) in [5.74, 6) is -0.774. The van der Waals surface area contributed by atoms with E-state index in [1.165, 1.54) is 11.8 Å². The zero-order chi connectivity index (χ0) is 13.3. The largest absolute Gasteiger partial charge is 0.326 e. The molecule has 18 heavy (non-hydrogen) atoms. The van der Waals surface area contributed by atoms with Crippen LogP contribution in [0.3, 0.4) is 0 Å². The summed E-state index contributed by atoms with van der Waals surface area (Å²) in [5, 5.41) is 2.63. The lowest BCUT2D eigenvalue weighted by molar-refractivity contribution is -0.122. The second kappa shape index (κ2) is 4.60. The van der Waals surface area contributed by atoms with Gasteiger partial charge < -0.3 is 5.32 Å². The van der Waals surface area contributed by atoms with E-state index in [1.54, 1.807) is 31.2 Å². The van der Waals surface area contributed by atoms with Crippen molar-refractivity contribution in [3.63, 3.8) is 0 Å². The van der Waals surface area contributed by atoms with E-state index in [0.29, 0.717) is 11.4 Å². The molecule has 0 bridgehead atoms. The Morgan fingerprint density at radius 1 is 1.28 bits per heavy atom. The van der Waals surface area contributed by atoms with E-state index in [9.17, 15) is 14.4 Å². The normalized spacial score (nSPS) is 19.2. The van der Waals surface area contributed by atoms with Crippen molar-refractivity contribution in [2.24, 2.45) is 5.92 Å². The van der Waals surface area contributed by atoms with E-state index in [1.807, 2.05) is 0 Å². The summed E-state index contributed by atoms with van der Waals surface area (Å²) in [7, 11) is 0. The summed E-state index contributed by atoms with van der Waals surface area (Å²) in [6.45, 7) is 3.16. The number of carbonyl (C=O) groups excluding carboxylic acids is 3. The average Bonchev–Trinajstić information content (AvgIpc) is 2.54. The molecule has 1 aromatic rings. The number of hydrogen-bond acceptors (Lipinski definition) is 3. The zero-order valence-corrected chi connectivity index (χ0v) is 10.3. The first-order valence-corrected chi connectivity index (χ1v) is 5.73. The topological polar surface area (TPSA) is 66.5 Å². The van der Waals surface area contributed by atoms with Crippen LogP contribution in [0, 0.1) is 5.92 Å². The molecule has 1 aliphatic heterocycles. The number of anilines is 2. The summed E-state index contributed by atoms with van der Waals surface area (Å²) in [6.07, 6.45) is 0.256. The minimum absolute atomic E-state index is 0.162. The highest BCUT2D eigenvalue weighted by Gasteiger charge is 2.36. The Labute approximate surface area is 105 Å². The molecule has 0 aromatic heterocycles. The zero-order valence-electron chi connectivity index (χ0n) is 10.3. The molecule has 0 saturated carbocycles. The maximum Gasteiger partial charge on any atom is 0.237 e. The number of nitrogens with one attached hydrogen (secondary N) is 1. The Bertz CT molecular complexity index is 507. The second-order valence-corrected chi connectivity index (χ2v) is 4.40. The van der Waals surface area contributed by atoms with Crippen molar-refractivity contribution >= 4 is 29.1 Å². The summed E-state index contributed by atoms with van der Waals surface area (Å²) < 4.78 is 0. The molecule has 1 unspecified atom stereocenters. The van der Waals surface area contributed by atoms with E-state index < -0.39 is 0 Å². The van der Waals surface area contributed by atoms with Crippen molar-refractivity contribution in [2.75, 3.05) is 10.2 Å². The van der Waals surface area contributed by atoms with Gasteiger partial charge in [-0.05, 0) is 24.3 Å². The molecule has 2 rings (SSSR count). The molecule has 1 aliphatic rings. The number of rotatable bonds is 2. The van der Waals surface area contributed by atoms with Gasteiger partial charge in [0, 0.05) is 24.9 Å². The lowest BCUT2D eigenvalue weighted by Crippen LogP contribution is -2.29. The van der Waals surface area contributed by atoms with Gasteiger partial charge >= 0.3 is 0 Å².